The van der Waals surface area contributed by atoms with Gasteiger partial charge in [0.1, 0.15) is 0 Å². The first-order chi connectivity index (χ1) is 10.2. The highest BCUT2D eigenvalue weighted by Crippen LogP contribution is 2.26. The van der Waals surface area contributed by atoms with E-state index >= 15 is 0 Å². The minimum atomic E-state index is -0.814. The van der Waals surface area contributed by atoms with Crippen molar-refractivity contribution in [2.45, 2.75) is 0 Å². The van der Waals surface area contributed by atoms with E-state index < -0.39 is 16.2 Å². The lowest BCUT2D eigenvalue weighted by atomic mass is 10.2. The predicted octanol–water partition coefficient (Wildman–Crippen LogP) is 1.97. The van der Waals surface area contributed by atoms with Crippen LogP contribution in [-0.2, 0) is 0 Å². The van der Waals surface area contributed by atoms with Crippen molar-refractivity contribution in [3.8, 4) is 0 Å². The SMILES string of the molecule is O=c1[nH]cnc(Nc2cccc3cccnc23)c1[N+](=O)[O-]. The first-order valence-electron chi connectivity index (χ1n) is 5.99. The summed E-state index contributed by atoms with van der Waals surface area (Å²) in [5, 5.41) is 14.7. The van der Waals surface area contributed by atoms with Gasteiger partial charge in [0.15, 0.2) is 0 Å². The maximum Gasteiger partial charge on any atom is 0.376 e. The molecule has 0 unspecified atom stereocenters. The number of hydrogen-bond donors (Lipinski definition) is 2. The molecule has 0 aliphatic rings. The van der Waals surface area contributed by atoms with Crippen molar-refractivity contribution in [2.75, 3.05) is 5.32 Å². The predicted molar refractivity (Wildman–Crippen MR) is 76.5 cm³/mol. The van der Waals surface area contributed by atoms with Crippen molar-refractivity contribution >= 4 is 28.1 Å². The average molecular weight is 283 g/mol. The van der Waals surface area contributed by atoms with Gasteiger partial charge in [0.2, 0.25) is 5.82 Å². The van der Waals surface area contributed by atoms with Crippen molar-refractivity contribution < 1.29 is 4.92 Å². The molecule has 2 heterocycles. The number of pyridine rings is 1. The molecule has 0 saturated heterocycles. The van der Waals surface area contributed by atoms with Gasteiger partial charge in [-0.05, 0) is 12.1 Å². The summed E-state index contributed by atoms with van der Waals surface area (Å²) in [5.74, 6) is -0.123. The molecule has 3 rings (SSSR count). The van der Waals surface area contributed by atoms with E-state index in [0.717, 1.165) is 11.7 Å². The Morgan fingerprint density at radius 1 is 1.19 bits per heavy atom. The highest BCUT2D eigenvalue weighted by Gasteiger charge is 2.21. The first-order valence-corrected chi connectivity index (χ1v) is 5.99. The Balaban J connectivity index is 2.14. The summed E-state index contributed by atoms with van der Waals surface area (Å²) in [6.45, 7) is 0. The second-order valence-electron chi connectivity index (χ2n) is 4.19. The minimum Gasteiger partial charge on any atom is -0.332 e. The molecule has 104 valence electrons. The van der Waals surface area contributed by atoms with E-state index in [1.54, 1.807) is 24.4 Å². The Labute approximate surface area is 117 Å². The number of para-hydroxylation sites is 1. The Kier molecular flexibility index (Phi) is 3.03. The molecule has 0 spiro atoms. The van der Waals surface area contributed by atoms with Crippen LogP contribution >= 0.6 is 0 Å². The van der Waals surface area contributed by atoms with E-state index in [9.17, 15) is 14.9 Å². The van der Waals surface area contributed by atoms with E-state index in [0.29, 0.717) is 11.2 Å². The molecule has 8 heteroatoms. The van der Waals surface area contributed by atoms with Gasteiger partial charge in [0.25, 0.3) is 0 Å². The molecule has 21 heavy (non-hydrogen) atoms. The van der Waals surface area contributed by atoms with Gasteiger partial charge in [-0.1, -0.05) is 18.2 Å². The Morgan fingerprint density at radius 2 is 2.00 bits per heavy atom. The van der Waals surface area contributed by atoms with Crippen LogP contribution in [0.1, 0.15) is 0 Å². The third-order valence-corrected chi connectivity index (χ3v) is 2.90. The van der Waals surface area contributed by atoms with Gasteiger partial charge in [-0.2, -0.15) is 0 Å². The average Bonchev–Trinajstić information content (AvgIpc) is 2.47. The van der Waals surface area contributed by atoms with Crippen LogP contribution in [0.25, 0.3) is 10.9 Å². The molecule has 0 aliphatic carbocycles. The summed E-state index contributed by atoms with van der Waals surface area (Å²) in [5.41, 5.74) is -0.276. The third-order valence-electron chi connectivity index (χ3n) is 2.90. The van der Waals surface area contributed by atoms with Crippen LogP contribution in [0.4, 0.5) is 17.2 Å². The quantitative estimate of drug-likeness (QED) is 0.561. The number of fused-ring (bicyclic) bond motifs is 1. The molecular formula is C13H9N5O3. The normalized spacial score (nSPS) is 10.5. The number of nitro groups is 1. The van der Waals surface area contributed by atoms with Crippen LogP contribution in [0.3, 0.4) is 0 Å². The summed E-state index contributed by atoms with van der Waals surface area (Å²) in [7, 11) is 0. The molecule has 2 N–H and O–H groups in total. The zero-order valence-corrected chi connectivity index (χ0v) is 10.6. The van der Waals surface area contributed by atoms with Gasteiger partial charge in [0.05, 0.1) is 22.5 Å². The summed E-state index contributed by atoms with van der Waals surface area (Å²) in [6, 6.07) is 9.02. The fourth-order valence-electron chi connectivity index (χ4n) is 1.99. The second kappa shape index (κ2) is 5.00. The van der Waals surface area contributed by atoms with E-state index in [-0.39, 0.29) is 5.82 Å². The van der Waals surface area contributed by atoms with Gasteiger partial charge >= 0.3 is 11.2 Å². The van der Waals surface area contributed by atoms with Crippen molar-refractivity contribution in [3.05, 3.63) is 63.3 Å². The second-order valence-corrected chi connectivity index (χ2v) is 4.19. The van der Waals surface area contributed by atoms with Crippen LogP contribution in [0.15, 0.2) is 47.7 Å². The molecule has 0 fully saturated rings. The summed E-state index contributed by atoms with van der Waals surface area (Å²) >= 11 is 0. The molecule has 0 amide bonds. The number of aromatic amines is 1. The van der Waals surface area contributed by atoms with Crippen molar-refractivity contribution in [1.29, 1.82) is 0 Å². The van der Waals surface area contributed by atoms with Gasteiger partial charge in [-0.3, -0.25) is 19.9 Å². The van der Waals surface area contributed by atoms with Crippen molar-refractivity contribution in [2.24, 2.45) is 0 Å². The molecule has 8 nitrogen and oxygen atoms in total. The molecule has 0 atom stereocenters. The van der Waals surface area contributed by atoms with E-state index in [4.69, 9.17) is 0 Å². The molecule has 0 aliphatic heterocycles. The number of nitrogens with zero attached hydrogens (tertiary/aromatic N) is 3. The minimum absolute atomic E-state index is 0.123. The maximum absolute atomic E-state index is 11.5. The molecule has 2 aromatic heterocycles. The summed E-state index contributed by atoms with van der Waals surface area (Å²) < 4.78 is 0. The zero-order valence-electron chi connectivity index (χ0n) is 10.6. The lowest BCUT2D eigenvalue weighted by molar-refractivity contribution is -0.385. The highest BCUT2D eigenvalue weighted by molar-refractivity contribution is 5.92. The summed E-state index contributed by atoms with van der Waals surface area (Å²) in [4.78, 5) is 32.0. The third kappa shape index (κ3) is 2.29. The smallest absolute Gasteiger partial charge is 0.332 e. The van der Waals surface area contributed by atoms with Crippen molar-refractivity contribution in [1.82, 2.24) is 15.0 Å². The molecule has 1 aromatic carbocycles. The number of anilines is 2. The van der Waals surface area contributed by atoms with E-state index in [1.807, 2.05) is 12.1 Å². The Bertz CT molecular complexity index is 885. The standard InChI is InChI=1S/C13H9N5O3/c19-13-11(18(20)21)12(15-7-16-13)17-9-5-1-3-8-4-2-6-14-10(8)9/h1-7H,(H2,15,16,17,19). The van der Waals surface area contributed by atoms with Crippen LogP contribution < -0.4 is 10.9 Å². The van der Waals surface area contributed by atoms with E-state index in [2.05, 4.69) is 20.3 Å². The van der Waals surface area contributed by atoms with Crippen LogP contribution in [0.5, 0.6) is 0 Å². The number of hydrogen-bond acceptors (Lipinski definition) is 6. The van der Waals surface area contributed by atoms with Crippen molar-refractivity contribution in [3.63, 3.8) is 0 Å². The van der Waals surface area contributed by atoms with Gasteiger partial charge in [0, 0.05) is 11.6 Å². The van der Waals surface area contributed by atoms with Crippen LogP contribution in [0, 0.1) is 10.1 Å². The molecule has 0 saturated carbocycles. The highest BCUT2D eigenvalue weighted by atomic mass is 16.6. The number of nitrogens with one attached hydrogen (secondary N) is 2. The first kappa shape index (κ1) is 12.7. The van der Waals surface area contributed by atoms with Crippen LogP contribution in [-0.4, -0.2) is 19.9 Å². The molecular weight excluding hydrogens is 274 g/mol. The van der Waals surface area contributed by atoms with Gasteiger partial charge < -0.3 is 10.3 Å². The molecule has 3 aromatic rings. The largest absolute Gasteiger partial charge is 0.376 e. The van der Waals surface area contributed by atoms with Gasteiger partial charge in [-0.15, -0.1) is 0 Å². The van der Waals surface area contributed by atoms with E-state index in [1.165, 1.54) is 0 Å². The monoisotopic (exact) mass is 283 g/mol. The Hall–Kier alpha value is -3.29. The maximum atomic E-state index is 11.5. The topological polar surface area (TPSA) is 114 Å². The van der Waals surface area contributed by atoms with Crippen LogP contribution in [0.2, 0.25) is 0 Å². The fraction of sp³-hybridized carbons (Fsp3) is 0. The summed E-state index contributed by atoms with van der Waals surface area (Å²) in [6.07, 6.45) is 2.73. The number of H-pyrrole nitrogens is 1. The number of benzene rings is 1. The zero-order chi connectivity index (χ0) is 14.8. The lowest BCUT2D eigenvalue weighted by Crippen LogP contribution is -2.14. The fourth-order valence-corrected chi connectivity index (χ4v) is 1.99. The number of aromatic nitrogens is 3. The molecule has 0 bridgehead atoms. The Morgan fingerprint density at radius 3 is 2.81 bits per heavy atom. The molecule has 0 radical (unpaired) electrons. The lowest BCUT2D eigenvalue weighted by Gasteiger charge is -2.07. The van der Waals surface area contributed by atoms with Gasteiger partial charge in [-0.25, -0.2) is 4.98 Å². The number of rotatable bonds is 3.